The van der Waals surface area contributed by atoms with Gasteiger partial charge in [-0.1, -0.05) is 7.43 Å². The molecule has 0 aromatic heterocycles. The number of piperazine rings is 1. The molecular formula is C12H27N3O. The summed E-state index contributed by atoms with van der Waals surface area (Å²) < 4.78 is 0. The lowest BCUT2D eigenvalue weighted by atomic mass is 10.0. The van der Waals surface area contributed by atoms with Gasteiger partial charge in [0.25, 0.3) is 0 Å². The number of aliphatic hydroxyl groups excluding tert-OH is 1. The maximum atomic E-state index is 8.87. The smallest absolute Gasteiger partial charge is 0.0558 e. The number of rotatable bonds is 3. The molecule has 16 heavy (non-hydrogen) atoms. The van der Waals surface area contributed by atoms with Gasteiger partial charge in [-0.3, -0.25) is 9.80 Å². The molecule has 0 radical (unpaired) electrons. The van der Waals surface area contributed by atoms with Gasteiger partial charge >= 0.3 is 0 Å². The second-order valence-corrected chi connectivity index (χ2v) is 4.58. The van der Waals surface area contributed by atoms with Gasteiger partial charge in [0, 0.05) is 38.8 Å². The number of nitrogens with zero attached hydrogens (tertiary/aromatic N) is 2. The van der Waals surface area contributed by atoms with Gasteiger partial charge in [0.15, 0.2) is 0 Å². The van der Waals surface area contributed by atoms with E-state index in [4.69, 9.17) is 5.11 Å². The average Bonchev–Trinajstić information content (AvgIpc) is 2.32. The lowest BCUT2D eigenvalue weighted by molar-refractivity contribution is 0.0723. The summed E-state index contributed by atoms with van der Waals surface area (Å²) in [5.41, 5.74) is 0. The van der Waals surface area contributed by atoms with Gasteiger partial charge < -0.3 is 10.4 Å². The SMILES string of the molecule is C.OCCN1CCN(C2CCNCC2)CC1. The first-order valence-corrected chi connectivity index (χ1v) is 6.18. The quantitative estimate of drug-likeness (QED) is 0.714. The second-order valence-electron chi connectivity index (χ2n) is 4.58. The molecule has 2 aliphatic rings. The third-order valence-corrected chi connectivity index (χ3v) is 3.65. The van der Waals surface area contributed by atoms with Crippen molar-refractivity contribution in [1.29, 1.82) is 0 Å². The van der Waals surface area contributed by atoms with Crippen molar-refractivity contribution >= 4 is 0 Å². The van der Waals surface area contributed by atoms with Gasteiger partial charge in [-0.2, -0.15) is 0 Å². The van der Waals surface area contributed by atoms with E-state index < -0.39 is 0 Å². The molecule has 0 bridgehead atoms. The van der Waals surface area contributed by atoms with Crippen molar-refractivity contribution < 1.29 is 5.11 Å². The van der Waals surface area contributed by atoms with E-state index in [1.807, 2.05) is 0 Å². The molecule has 0 aromatic rings. The van der Waals surface area contributed by atoms with Crippen LogP contribution in [0.5, 0.6) is 0 Å². The number of aliphatic hydroxyl groups is 1. The highest BCUT2D eigenvalue weighted by Gasteiger charge is 2.24. The maximum Gasteiger partial charge on any atom is 0.0558 e. The van der Waals surface area contributed by atoms with Crippen LogP contribution in [0, 0.1) is 0 Å². The van der Waals surface area contributed by atoms with Crippen LogP contribution in [0.4, 0.5) is 0 Å². The molecule has 2 heterocycles. The van der Waals surface area contributed by atoms with E-state index in [1.54, 1.807) is 0 Å². The van der Waals surface area contributed by atoms with Crippen LogP contribution in [0.2, 0.25) is 0 Å². The summed E-state index contributed by atoms with van der Waals surface area (Å²) in [5.74, 6) is 0. The van der Waals surface area contributed by atoms with Crippen molar-refractivity contribution in [2.75, 3.05) is 52.4 Å². The van der Waals surface area contributed by atoms with E-state index in [9.17, 15) is 0 Å². The Kier molecular flexibility index (Phi) is 6.28. The molecule has 96 valence electrons. The molecule has 0 saturated carbocycles. The number of hydrogen-bond donors (Lipinski definition) is 2. The fraction of sp³-hybridized carbons (Fsp3) is 1.00. The molecule has 0 aromatic carbocycles. The Morgan fingerprint density at radius 3 is 2.25 bits per heavy atom. The van der Waals surface area contributed by atoms with Gasteiger partial charge in [0.2, 0.25) is 0 Å². The van der Waals surface area contributed by atoms with E-state index in [-0.39, 0.29) is 7.43 Å². The van der Waals surface area contributed by atoms with Crippen molar-refractivity contribution in [2.24, 2.45) is 0 Å². The second kappa shape index (κ2) is 7.22. The molecule has 2 fully saturated rings. The number of β-amino-alcohol motifs (C(OH)–C–C–N with tert-alkyl or cyclic N) is 1. The molecule has 2 saturated heterocycles. The lowest BCUT2D eigenvalue weighted by Crippen LogP contribution is -2.53. The third-order valence-electron chi connectivity index (χ3n) is 3.65. The zero-order valence-corrected chi connectivity index (χ0v) is 9.49. The van der Waals surface area contributed by atoms with E-state index in [2.05, 4.69) is 15.1 Å². The highest BCUT2D eigenvalue weighted by Crippen LogP contribution is 2.14. The zero-order valence-electron chi connectivity index (χ0n) is 9.49. The first-order chi connectivity index (χ1) is 7.40. The normalized spacial score (nSPS) is 25.3. The summed E-state index contributed by atoms with van der Waals surface area (Å²) in [5, 5.41) is 12.3. The van der Waals surface area contributed by atoms with Crippen molar-refractivity contribution in [3.8, 4) is 0 Å². The van der Waals surface area contributed by atoms with E-state index in [0.29, 0.717) is 6.61 Å². The molecule has 2 rings (SSSR count). The topological polar surface area (TPSA) is 38.7 Å². The van der Waals surface area contributed by atoms with Crippen LogP contribution in [0.15, 0.2) is 0 Å². The van der Waals surface area contributed by atoms with Crippen LogP contribution in [0.1, 0.15) is 20.3 Å². The Balaban J connectivity index is 0.00000128. The van der Waals surface area contributed by atoms with Crippen molar-refractivity contribution in [3.05, 3.63) is 0 Å². The number of piperidine rings is 1. The molecule has 0 unspecified atom stereocenters. The van der Waals surface area contributed by atoms with Crippen LogP contribution in [-0.2, 0) is 0 Å². The minimum Gasteiger partial charge on any atom is -0.395 e. The highest BCUT2D eigenvalue weighted by molar-refractivity contribution is 4.81. The zero-order chi connectivity index (χ0) is 10.5. The first kappa shape index (κ1) is 13.9. The van der Waals surface area contributed by atoms with Crippen molar-refractivity contribution in [3.63, 3.8) is 0 Å². The van der Waals surface area contributed by atoms with E-state index in [0.717, 1.165) is 25.7 Å². The maximum absolute atomic E-state index is 8.87. The van der Waals surface area contributed by atoms with Gasteiger partial charge in [0.1, 0.15) is 0 Å². The fourth-order valence-electron chi connectivity index (χ4n) is 2.67. The first-order valence-electron chi connectivity index (χ1n) is 6.18. The summed E-state index contributed by atoms with van der Waals surface area (Å²) in [6, 6.07) is 0.808. The predicted octanol–water partition coefficient (Wildman–Crippen LogP) is -0.0156. The van der Waals surface area contributed by atoms with E-state index >= 15 is 0 Å². The Labute approximate surface area is 99.6 Å². The van der Waals surface area contributed by atoms with Crippen LogP contribution in [-0.4, -0.2) is 73.4 Å². The Morgan fingerprint density at radius 1 is 1.06 bits per heavy atom. The number of hydrogen-bond acceptors (Lipinski definition) is 4. The summed E-state index contributed by atoms with van der Waals surface area (Å²) >= 11 is 0. The van der Waals surface area contributed by atoms with Crippen LogP contribution < -0.4 is 5.32 Å². The molecule has 2 N–H and O–H groups in total. The molecule has 0 atom stereocenters. The molecule has 4 nitrogen and oxygen atoms in total. The molecule has 0 spiro atoms. The van der Waals surface area contributed by atoms with Crippen LogP contribution in [0.3, 0.4) is 0 Å². The van der Waals surface area contributed by atoms with Crippen molar-refractivity contribution in [1.82, 2.24) is 15.1 Å². The summed E-state index contributed by atoms with van der Waals surface area (Å²) in [4.78, 5) is 4.99. The Bertz CT molecular complexity index is 175. The predicted molar refractivity (Wildman–Crippen MR) is 67.7 cm³/mol. The average molecular weight is 229 g/mol. The molecule has 2 aliphatic heterocycles. The summed E-state index contributed by atoms with van der Waals surface area (Å²) in [6.45, 7) is 8.14. The van der Waals surface area contributed by atoms with Gasteiger partial charge in [-0.05, 0) is 25.9 Å². The Hall–Kier alpha value is -0.160. The van der Waals surface area contributed by atoms with Crippen LogP contribution in [0.25, 0.3) is 0 Å². The number of nitrogens with one attached hydrogen (secondary N) is 1. The standard InChI is InChI=1S/C11H23N3O.CH4/c15-10-9-13-5-7-14(8-6-13)11-1-3-12-4-2-11;/h11-12,15H,1-10H2;1H4. The third kappa shape index (κ3) is 3.70. The highest BCUT2D eigenvalue weighted by atomic mass is 16.3. The van der Waals surface area contributed by atoms with Crippen molar-refractivity contribution in [2.45, 2.75) is 26.3 Å². The van der Waals surface area contributed by atoms with Crippen LogP contribution >= 0.6 is 0 Å². The van der Waals surface area contributed by atoms with E-state index in [1.165, 1.54) is 39.0 Å². The minimum atomic E-state index is 0. The Morgan fingerprint density at radius 2 is 1.69 bits per heavy atom. The molecule has 4 heteroatoms. The van der Waals surface area contributed by atoms with Gasteiger partial charge in [-0.15, -0.1) is 0 Å². The summed E-state index contributed by atoms with van der Waals surface area (Å²) in [6.07, 6.45) is 2.61. The largest absolute Gasteiger partial charge is 0.395 e. The van der Waals surface area contributed by atoms with Gasteiger partial charge in [-0.25, -0.2) is 0 Å². The minimum absolute atomic E-state index is 0. The summed E-state index contributed by atoms with van der Waals surface area (Å²) in [7, 11) is 0. The molecule has 0 aliphatic carbocycles. The lowest BCUT2D eigenvalue weighted by Gasteiger charge is -2.40. The molecular weight excluding hydrogens is 202 g/mol. The fourth-order valence-corrected chi connectivity index (χ4v) is 2.67. The molecule has 0 amide bonds. The van der Waals surface area contributed by atoms with Gasteiger partial charge in [0.05, 0.1) is 6.61 Å². The monoisotopic (exact) mass is 229 g/mol.